The van der Waals surface area contributed by atoms with Gasteiger partial charge in [0, 0.05) is 6.20 Å². The molecule has 6 nitrogen and oxygen atoms in total. The molecule has 0 unspecified atom stereocenters. The summed E-state index contributed by atoms with van der Waals surface area (Å²) >= 11 is 0. The van der Waals surface area contributed by atoms with Gasteiger partial charge in [0.15, 0.2) is 5.69 Å². The number of aromatic carboxylic acids is 1. The molecule has 0 bridgehead atoms. The summed E-state index contributed by atoms with van der Waals surface area (Å²) in [5.41, 5.74) is -0.665. The SMILES string of the molecule is COC(=O)C(C)(C)c1nc(C(=O)O)c2ccccn12. The fraction of sp³-hybridized carbons (Fsp3) is 0.308. The maximum absolute atomic E-state index is 11.8. The lowest BCUT2D eigenvalue weighted by Gasteiger charge is -2.19. The van der Waals surface area contributed by atoms with Crippen LogP contribution >= 0.6 is 0 Å². The molecule has 0 saturated carbocycles. The van der Waals surface area contributed by atoms with Crippen LogP contribution in [0, 0.1) is 0 Å². The number of nitrogens with zero attached hydrogens (tertiary/aromatic N) is 2. The number of ether oxygens (including phenoxy) is 1. The second-order valence-electron chi connectivity index (χ2n) is 4.66. The molecule has 19 heavy (non-hydrogen) atoms. The van der Waals surface area contributed by atoms with E-state index in [2.05, 4.69) is 4.98 Å². The zero-order chi connectivity index (χ0) is 14.2. The Hall–Kier alpha value is -2.37. The molecule has 1 N–H and O–H groups in total. The molecule has 0 aliphatic heterocycles. The van der Waals surface area contributed by atoms with E-state index >= 15 is 0 Å². The summed E-state index contributed by atoms with van der Waals surface area (Å²) in [7, 11) is 1.29. The van der Waals surface area contributed by atoms with Crippen molar-refractivity contribution in [3.63, 3.8) is 0 Å². The average molecular weight is 262 g/mol. The molecule has 2 aromatic rings. The minimum absolute atomic E-state index is 0.0763. The summed E-state index contributed by atoms with van der Waals surface area (Å²) < 4.78 is 6.35. The lowest BCUT2D eigenvalue weighted by Crippen LogP contribution is -2.32. The molecule has 2 aromatic heterocycles. The molecule has 0 saturated heterocycles. The fourth-order valence-corrected chi connectivity index (χ4v) is 1.98. The van der Waals surface area contributed by atoms with E-state index in [1.807, 2.05) is 0 Å². The molecule has 2 rings (SSSR count). The third-order valence-electron chi connectivity index (χ3n) is 3.01. The number of carbonyl (C=O) groups is 2. The van der Waals surface area contributed by atoms with Crippen molar-refractivity contribution in [2.24, 2.45) is 0 Å². The summed E-state index contributed by atoms with van der Waals surface area (Å²) in [6.45, 7) is 3.29. The number of hydrogen-bond donors (Lipinski definition) is 1. The van der Waals surface area contributed by atoms with Gasteiger partial charge in [-0.05, 0) is 26.0 Å². The molecule has 0 aliphatic carbocycles. The van der Waals surface area contributed by atoms with E-state index in [4.69, 9.17) is 9.84 Å². The normalized spacial score (nSPS) is 11.5. The van der Waals surface area contributed by atoms with E-state index in [1.54, 1.807) is 42.6 Å². The third-order valence-corrected chi connectivity index (χ3v) is 3.01. The zero-order valence-electron chi connectivity index (χ0n) is 10.9. The minimum atomic E-state index is -1.13. The second kappa shape index (κ2) is 4.38. The average Bonchev–Trinajstić information content (AvgIpc) is 2.78. The number of imidazole rings is 1. The molecule has 0 fully saturated rings. The number of esters is 1. The van der Waals surface area contributed by atoms with Gasteiger partial charge in [-0.3, -0.25) is 4.79 Å². The summed E-state index contributed by atoms with van der Waals surface area (Å²) in [6.07, 6.45) is 1.68. The van der Waals surface area contributed by atoms with Crippen molar-refractivity contribution in [3.8, 4) is 0 Å². The highest BCUT2D eigenvalue weighted by Crippen LogP contribution is 2.26. The molecular weight excluding hydrogens is 248 g/mol. The largest absolute Gasteiger partial charge is 0.476 e. The van der Waals surface area contributed by atoms with Crippen LogP contribution < -0.4 is 0 Å². The number of carboxylic acids is 1. The van der Waals surface area contributed by atoms with E-state index < -0.39 is 17.4 Å². The van der Waals surface area contributed by atoms with Crippen LogP contribution in [0.5, 0.6) is 0 Å². The van der Waals surface area contributed by atoms with Crippen LogP contribution in [0.3, 0.4) is 0 Å². The Morgan fingerprint density at radius 1 is 1.37 bits per heavy atom. The topological polar surface area (TPSA) is 80.9 Å². The number of carbonyl (C=O) groups excluding carboxylic acids is 1. The molecule has 0 amide bonds. The van der Waals surface area contributed by atoms with Gasteiger partial charge in [0.1, 0.15) is 11.2 Å². The fourth-order valence-electron chi connectivity index (χ4n) is 1.98. The Labute approximate surface area is 109 Å². The summed E-state index contributed by atoms with van der Waals surface area (Å²) in [5, 5.41) is 9.17. The van der Waals surface area contributed by atoms with E-state index in [9.17, 15) is 9.59 Å². The van der Waals surface area contributed by atoms with Crippen LogP contribution in [0.15, 0.2) is 24.4 Å². The van der Waals surface area contributed by atoms with Crippen LogP contribution in [0.1, 0.15) is 30.2 Å². The second-order valence-corrected chi connectivity index (χ2v) is 4.66. The molecule has 0 atom stereocenters. The number of pyridine rings is 1. The Kier molecular flexibility index (Phi) is 3.01. The molecular formula is C13H14N2O4. The van der Waals surface area contributed by atoms with E-state index in [-0.39, 0.29) is 5.69 Å². The van der Waals surface area contributed by atoms with Crippen molar-refractivity contribution in [3.05, 3.63) is 35.9 Å². The number of hydrogen-bond acceptors (Lipinski definition) is 4. The van der Waals surface area contributed by atoms with Gasteiger partial charge >= 0.3 is 11.9 Å². The summed E-state index contributed by atoms with van der Waals surface area (Å²) in [5.74, 6) is -1.26. The van der Waals surface area contributed by atoms with Gasteiger partial charge in [0.2, 0.25) is 0 Å². The standard InChI is InChI=1S/C13H14N2O4/c1-13(2,12(18)19-3)11-14-9(10(16)17)8-6-4-5-7-15(8)11/h4-7H,1-3H3,(H,16,17). The highest BCUT2D eigenvalue weighted by atomic mass is 16.5. The Morgan fingerprint density at radius 3 is 2.63 bits per heavy atom. The Morgan fingerprint density at radius 2 is 2.05 bits per heavy atom. The molecule has 100 valence electrons. The Bertz CT molecular complexity index is 658. The lowest BCUT2D eigenvalue weighted by molar-refractivity contribution is -0.146. The third kappa shape index (κ3) is 1.95. The van der Waals surface area contributed by atoms with Crippen molar-refractivity contribution in [1.29, 1.82) is 0 Å². The number of fused-ring (bicyclic) bond motifs is 1. The molecule has 2 heterocycles. The molecule has 0 aromatic carbocycles. The van der Waals surface area contributed by atoms with Gasteiger partial charge in [-0.25, -0.2) is 9.78 Å². The van der Waals surface area contributed by atoms with Gasteiger partial charge in [-0.1, -0.05) is 6.07 Å². The van der Waals surface area contributed by atoms with Gasteiger partial charge in [-0.15, -0.1) is 0 Å². The number of rotatable bonds is 3. The highest BCUT2D eigenvalue weighted by Gasteiger charge is 2.36. The van der Waals surface area contributed by atoms with Gasteiger partial charge in [0.25, 0.3) is 0 Å². The first-order valence-corrected chi connectivity index (χ1v) is 5.69. The van der Waals surface area contributed by atoms with Crippen molar-refractivity contribution in [2.75, 3.05) is 7.11 Å². The van der Waals surface area contributed by atoms with Crippen LogP contribution in [0.4, 0.5) is 0 Å². The van der Waals surface area contributed by atoms with E-state index in [0.717, 1.165) is 0 Å². The van der Waals surface area contributed by atoms with Gasteiger partial charge < -0.3 is 14.2 Å². The molecule has 0 aliphatic rings. The number of methoxy groups -OCH3 is 1. The summed E-state index contributed by atoms with van der Waals surface area (Å²) in [4.78, 5) is 27.1. The predicted molar refractivity (Wildman–Crippen MR) is 67.2 cm³/mol. The Balaban J connectivity index is 2.75. The highest BCUT2D eigenvalue weighted by molar-refractivity contribution is 5.94. The molecule has 6 heteroatoms. The van der Waals surface area contributed by atoms with Gasteiger partial charge in [-0.2, -0.15) is 0 Å². The van der Waals surface area contributed by atoms with Crippen molar-refractivity contribution >= 4 is 17.5 Å². The van der Waals surface area contributed by atoms with Crippen LogP contribution in [0.25, 0.3) is 5.52 Å². The van der Waals surface area contributed by atoms with E-state index in [1.165, 1.54) is 7.11 Å². The van der Waals surface area contributed by atoms with Crippen LogP contribution in [-0.4, -0.2) is 33.5 Å². The monoisotopic (exact) mass is 262 g/mol. The van der Waals surface area contributed by atoms with Crippen LogP contribution in [-0.2, 0) is 14.9 Å². The van der Waals surface area contributed by atoms with Crippen molar-refractivity contribution in [1.82, 2.24) is 9.38 Å². The maximum Gasteiger partial charge on any atom is 0.356 e. The predicted octanol–water partition coefficient (Wildman–Crippen LogP) is 1.48. The quantitative estimate of drug-likeness (QED) is 0.847. The van der Waals surface area contributed by atoms with Crippen molar-refractivity contribution in [2.45, 2.75) is 19.3 Å². The zero-order valence-corrected chi connectivity index (χ0v) is 10.9. The molecule has 0 spiro atoms. The first-order valence-electron chi connectivity index (χ1n) is 5.69. The smallest absolute Gasteiger partial charge is 0.356 e. The minimum Gasteiger partial charge on any atom is -0.476 e. The number of carboxylic acid groups (broad SMARTS) is 1. The summed E-state index contributed by atoms with van der Waals surface area (Å²) in [6, 6.07) is 5.11. The lowest BCUT2D eigenvalue weighted by atomic mass is 9.92. The molecule has 0 radical (unpaired) electrons. The van der Waals surface area contributed by atoms with E-state index in [0.29, 0.717) is 11.3 Å². The first kappa shape index (κ1) is 13.1. The van der Waals surface area contributed by atoms with Crippen molar-refractivity contribution < 1.29 is 19.4 Å². The van der Waals surface area contributed by atoms with Gasteiger partial charge in [0.05, 0.1) is 12.6 Å². The maximum atomic E-state index is 11.8. The van der Waals surface area contributed by atoms with Crippen LogP contribution in [0.2, 0.25) is 0 Å². The number of aromatic nitrogens is 2. The first-order chi connectivity index (χ1) is 8.89.